The maximum atomic E-state index is 2.49. The molecule has 0 aromatic heterocycles. The first-order chi connectivity index (χ1) is 24.1. The highest BCUT2D eigenvalue weighted by Gasteiger charge is 2.37. The Labute approximate surface area is 286 Å². The van der Waals surface area contributed by atoms with Crippen LogP contribution in [0.25, 0.3) is 87.6 Å². The fraction of sp³-hybridized carbons (Fsp3) is 0.0612. The molecule has 0 atom stereocenters. The second kappa shape index (κ2) is 10.5. The van der Waals surface area contributed by atoms with Crippen LogP contribution >= 0.6 is 0 Å². The van der Waals surface area contributed by atoms with Gasteiger partial charge in [0.05, 0.1) is 0 Å². The standard InChI is InChI=1S/C49H34/c1-49(2)45-30-33(25-26-38(45)44-27-24-32-16-6-7-17-35(32)48(44)49)46-39-20-10-12-22-41(39)47(42-23-13-11-21-40(42)46)43-29-28-34(31-14-4-3-5-15-31)36-18-8-9-19-37(36)43/h3-30H,1-2H3. The average Bonchev–Trinajstić information content (AvgIpc) is 3.39. The van der Waals surface area contributed by atoms with Gasteiger partial charge >= 0.3 is 0 Å². The zero-order chi connectivity index (χ0) is 32.7. The van der Waals surface area contributed by atoms with E-state index in [9.17, 15) is 0 Å². The van der Waals surface area contributed by atoms with Crippen molar-refractivity contribution in [2.75, 3.05) is 0 Å². The van der Waals surface area contributed by atoms with E-state index < -0.39 is 0 Å². The Hall–Kier alpha value is -5.98. The van der Waals surface area contributed by atoms with Gasteiger partial charge in [-0.1, -0.05) is 178 Å². The second-order valence-corrected chi connectivity index (χ2v) is 14.0. The van der Waals surface area contributed by atoms with Crippen molar-refractivity contribution in [2.45, 2.75) is 19.3 Å². The molecule has 9 aromatic rings. The largest absolute Gasteiger partial charge is 0.0622 e. The molecule has 0 saturated heterocycles. The zero-order valence-electron chi connectivity index (χ0n) is 27.7. The minimum Gasteiger partial charge on any atom is -0.0622 e. The summed E-state index contributed by atoms with van der Waals surface area (Å²) in [6.07, 6.45) is 0. The molecule has 0 heteroatoms. The van der Waals surface area contributed by atoms with Gasteiger partial charge in [0.25, 0.3) is 0 Å². The Bertz CT molecular complexity index is 2720. The van der Waals surface area contributed by atoms with Crippen LogP contribution in [0.4, 0.5) is 0 Å². The summed E-state index contributed by atoms with van der Waals surface area (Å²) in [6, 6.07) is 63.0. The zero-order valence-corrected chi connectivity index (χ0v) is 27.7. The molecule has 49 heavy (non-hydrogen) atoms. The lowest BCUT2D eigenvalue weighted by atomic mass is 9.79. The summed E-state index contributed by atoms with van der Waals surface area (Å²) in [6.45, 7) is 4.80. The summed E-state index contributed by atoms with van der Waals surface area (Å²) in [4.78, 5) is 0. The molecule has 0 unspecified atom stereocenters. The Morgan fingerprint density at radius 2 is 0.816 bits per heavy atom. The lowest BCUT2D eigenvalue weighted by molar-refractivity contribution is 0.666. The highest BCUT2D eigenvalue weighted by Crippen LogP contribution is 2.53. The normalized spacial score (nSPS) is 13.3. The third kappa shape index (κ3) is 4.04. The molecule has 10 rings (SSSR count). The highest BCUT2D eigenvalue weighted by molar-refractivity contribution is 6.24. The molecule has 1 aliphatic rings. The van der Waals surface area contributed by atoms with E-state index in [0.717, 1.165) is 0 Å². The van der Waals surface area contributed by atoms with E-state index in [1.807, 2.05) is 0 Å². The van der Waals surface area contributed by atoms with E-state index in [-0.39, 0.29) is 5.41 Å². The first kappa shape index (κ1) is 28.1. The highest BCUT2D eigenvalue weighted by atomic mass is 14.4. The number of hydrogen-bond donors (Lipinski definition) is 0. The number of hydrogen-bond acceptors (Lipinski definition) is 0. The van der Waals surface area contributed by atoms with Crippen LogP contribution in [0.1, 0.15) is 25.0 Å². The summed E-state index contributed by atoms with van der Waals surface area (Å²) in [5.74, 6) is 0. The van der Waals surface area contributed by atoms with Gasteiger partial charge in [-0.2, -0.15) is 0 Å². The number of benzene rings is 9. The van der Waals surface area contributed by atoms with Crippen molar-refractivity contribution in [1.82, 2.24) is 0 Å². The Balaban J connectivity index is 1.24. The molecule has 0 radical (unpaired) electrons. The summed E-state index contributed by atoms with van der Waals surface area (Å²) in [5.41, 5.74) is 13.1. The van der Waals surface area contributed by atoms with E-state index in [1.54, 1.807) is 0 Å². The van der Waals surface area contributed by atoms with Crippen molar-refractivity contribution in [3.05, 3.63) is 181 Å². The molecular formula is C49H34. The maximum Gasteiger partial charge on any atom is 0.0165 e. The SMILES string of the molecule is CC1(C)c2cc(-c3c4ccccc4c(-c4ccc(-c5ccccc5)c5ccccc45)c4ccccc34)ccc2-c2ccc3ccccc3c21. The molecule has 0 fully saturated rings. The first-order valence-corrected chi connectivity index (χ1v) is 17.3. The monoisotopic (exact) mass is 622 g/mol. The van der Waals surface area contributed by atoms with Crippen LogP contribution in [-0.4, -0.2) is 0 Å². The van der Waals surface area contributed by atoms with Crippen molar-refractivity contribution in [3.63, 3.8) is 0 Å². The minimum absolute atomic E-state index is 0.119. The molecular weight excluding hydrogens is 589 g/mol. The van der Waals surface area contributed by atoms with Crippen molar-refractivity contribution >= 4 is 43.1 Å². The van der Waals surface area contributed by atoms with Crippen molar-refractivity contribution in [3.8, 4) is 44.5 Å². The van der Waals surface area contributed by atoms with E-state index >= 15 is 0 Å². The summed E-state index contributed by atoms with van der Waals surface area (Å²) < 4.78 is 0. The van der Waals surface area contributed by atoms with E-state index in [0.29, 0.717) is 0 Å². The average molecular weight is 623 g/mol. The summed E-state index contributed by atoms with van der Waals surface area (Å²) in [5, 5.41) is 10.3. The van der Waals surface area contributed by atoms with Gasteiger partial charge < -0.3 is 0 Å². The van der Waals surface area contributed by atoms with Gasteiger partial charge in [-0.15, -0.1) is 0 Å². The first-order valence-electron chi connectivity index (χ1n) is 17.3. The number of rotatable bonds is 3. The summed E-state index contributed by atoms with van der Waals surface area (Å²) >= 11 is 0. The Kier molecular flexibility index (Phi) is 6.02. The third-order valence-corrected chi connectivity index (χ3v) is 11.0. The van der Waals surface area contributed by atoms with Crippen LogP contribution in [0.2, 0.25) is 0 Å². The van der Waals surface area contributed by atoms with Crippen molar-refractivity contribution < 1.29 is 0 Å². The van der Waals surface area contributed by atoms with Gasteiger partial charge in [-0.3, -0.25) is 0 Å². The predicted molar refractivity (Wildman–Crippen MR) is 210 cm³/mol. The van der Waals surface area contributed by atoms with Crippen LogP contribution in [0.3, 0.4) is 0 Å². The molecule has 0 amide bonds. The predicted octanol–water partition coefficient (Wildman–Crippen LogP) is 13.6. The molecule has 0 heterocycles. The number of fused-ring (bicyclic) bond motifs is 8. The topological polar surface area (TPSA) is 0 Å². The fourth-order valence-corrected chi connectivity index (χ4v) is 8.87. The lowest BCUT2D eigenvalue weighted by Crippen LogP contribution is -2.15. The molecule has 9 aromatic carbocycles. The van der Waals surface area contributed by atoms with Gasteiger partial charge in [0.1, 0.15) is 0 Å². The van der Waals surface area contributed by atoms with Crippen molar-refractivity contribution in [1.29, 1.82) is 0 Å². The molecule has 0 saturated carbocycles. The van der Waals surface area contributed by atoms with Crippen LogP contribution < -0.4 is 0 Å². The molecule has 0 aliphatic heterocycles. The van der Waals surface area contributed by atoms with Gasteiger partial charge in [0.2, 0.25) is 0 Å². The van der Waals surface area contributed by atoms with Crippen LogP contribution in [-0.2, 0) is 5.41 Å². The lowest BCUT2D eigenvalue weighted by Gasteiger charge is -2.24. The van der Waals surface area contributed by atoms with E-state index in [1.165, 1.54) is 98.7 Å². The van der Waals surface area contributed by atoms with Crippen LogP contribution in [0.15, 0.2) is 170 Å². The molecule has 0 spiro atoms. The maximum absolute atomic E-state index is 2.49. The van der Waals surface area contributed by atoms with Crippen LogP contribution in [0, 0.1) is 0 Å². The summed E-state index contributed by atoms with van der Waals surface area (Å²) in [7, 11) is 0. The van der Waals surface area contributed by atoms with Crippen LogP contribution in [0.5, 0.6) is 0 Å². The Morgan fingerprint density at radius 3 is 1.49 bits per heavy atom. The fourth-order valence-electron chi connectivity index (χ4n) is 8.87. The smallest absolute Gasteiger partial charge is 0.0165 e. The second-order valence-electron chi connectivity index (χ2n) is 14.0. The molecule has 1 aliphatic carbocycles. The van der Waals surface area contributed by atoms with Gasteiger partial charge in [-0.05, 0) is 105 Å². The van der Waals surface area contributed by atoms with Gasteiger partial charge in [0, 0.05) is 5.41 Å². The minimum atomic E-state index is -0.119. The Morgan fingerprint density at radius 1 is 0.327 bits per heavy atom. The van der Waals surface area contributed by atoms with Gasteiger partial charge in [-0.25, -0.2) is 0 Å². The van der Waals surface area contributed by atoms with Gasteiger partial charge in [0.15, 0.2) is 0 Å². The molecule has 0 nitrogen and oxygen atoms in total. The van der Waals surface area contributed by atoms with E-state index in [4.69, 9.17) is 0 Å². The van der Waals surface area contributed by atoms with E-state index in [2.05, 4.69) is 184 Å². The molecule has 230 valence electrons. The third-order valence-electron chi connectivity index (χ3n) is 11.0. The molecule has 0 N–H and O–H groups in total. The quantitative estimate of drug-likeness (QED) is 0.172. The molecule has 0 bridgehead atoms. The van der Waals surface area contributed by atoms with Crippen molar-refractivity contribution in [2.24, 2.45) is 0 Å².